The van der Waals surface area contributed by atoms with Gasteiger partial charge in [0.15, 0.2) is 0 Å². The van der Waals surface area contributed by atoms with E-state index < -0.39 is 0 Å². The maximum absolute atomic E-state index is 3.47. The molecule has 0 spiro atoms. The minimum atomic E-state index is 0.949. The Balaban J connectivity index is 3.06. The van der Waals surface area contributed by atoms with Crippen LogP contribution in [0.3, 0.4) is 0 Å². The molecule has 0 heterocycles. The van der Waals surface area contributed by atoms with Gasteiger partial charge in [0.1, 0.15) is 0 Å². The number of halogens is 1. The molecule has 1 rings (SSSR count). The highest BCUT2D eigenvalue weighted by atomic mass is 79.9. The van der Waals surface area contributed by atoms with Crippen LogP contribution in [0.1, 0.15) is 11.1 Å². The van der Waals surface area contributed by atoms with E-state index in [0.717, 1.165) is 5.33 Å². The normalized spacial score (nSPS) is 10.1. The number of aryl methyl sites for hydroxylation is 1. The van der Waals surface area contributed by atoms with Gasteiger partial charge < -0.3 is 0 Å². The van der Waals surface area contributed by atoms with Gasteiger partial charge in [-0.05, 0) is 24.8 Å². The average Bonchev–Trinajstić information content (AvgIpc) is 2.04. The van der Waals surface area contributed by atoms with Crippen molar-refractivity contribution in [2.45, 2.75) is 17.1 Å². The van der Waals surface area contributed by atoms with E-state index in [2.05, 4.69) is 47.3 Å². The van der Waals surface area contributed by atoms with Crippen molar-refractivity contribution in [1.29, 1.82) is 0 Å². The molecule has 0 saturated heterocycles. The van der Waals surface area contributed by atoms with Crippen molar-refractivity contribution in [1.82, 2.24) is 0 Å². The van der Waals surface area contributed by atoms with E-state index in [1.165, 1.54) is 16.0 Å². The smallest absolute Gasteiger partial charge is 0.0294 e. The van der Waals surface area contributed by atoms with Crippen LogP contribution in [0, 0.1) is 6.92 Å². The van der Waals surface area contributed by atoms with Gasteiger partial charge in [0.05, 0.1) is 0 Å². The van der Waals surface area contributed by atoms with Crippen molar-refractivity contribution in [3.8, 4) is 0 Å². The van der Waals surface area contributed by atoms with Crippen LogP contribution in [-0.2, 0) is 5.33 Å². The summed E-state index contributed by atoms with van der Waals surface area (Å²) in [7, 11) is 0. The lowest BCUT2D eigenvalue weighted by molar-refractivity contribution is 1.25. The first-order chi connectivity index (χ1) is 5.27. The summed E-state index contributed by atoms with van der Waals surface area (Å²) in [6.45, 7) is 2.12. The van der Waals surface area contributed by atoms with Gasteiger partial charge in [-0.3, -0.25) is 0 Å². The maximum Gasteiger partial charge on any atom is 0.0294 e. The van der Waals surface area contributed by atoms with Crippen molar-refractivity contribution in [3.05, 3.63) is 29.3 Å². The van der Waals surface area contributed by atoms with Crippen LogP contribution >= 0.6 is 27.7 Å². The zero-order valence-electron chi connectivity index (χ0n) is 6.73. The van der Waals surface area contributed by atoms with E-state index in [4.69, 9.17) is 0 Å². The summed E-state index contributed by atoms with van der Waals surface area (Å²) >= 11 is 5.27. The second-order valence-electron chi connectivity index (χ2n) is 2.45. The highest BCUT2D eigenvalue weighted by molar-refractivity contribution is 9.08. The van der Waals surface area contributed by atoms with Gasteiger partial charge in [-0.15, -0.1) is 11.8 Å². The second kappa shape index (κ2) is 4.17. The summed E-state index contributed by atoms with van der Waals surface area (Å²) in [6, 6.07) is 6.55. The third-order valence-electron chi connectivity index (χ3n) is 1.58. The zero-order chi connectivity index (χ0) is 8.27. The molecule has 0 saturated carbocycles. The van der Waals surface area contributed by atoms with Gasteiger partial charge in [0, 0.05) is 10.2 Å². The van der Waals surface area contributed by atoms with Crippen molar-refractivity contribution >= 4 is 27.7 Å². The van der Waals surface area contributed by atoms with Crippen molar-refractivity contribution in [3.63, 3.8) is 0 Å². The molecule has 0 aliphatic carbocycles. The van der Waals surface area contributed by atoms with Gasteiger partial charge in [0.25, 0.3) is 0 Å². The van der Waals surface area contributed by atoms with Crippen molar-refractivity contribution in [2.75, 3.05) is 6.26 Å². The van der Waals surface area contributed by atoms with E-state index in [9.17, 15) is 0 Å². The SMILES string of the molecule is CSc1ccc(C)cc1CBr. The summed E-state index contributed by atoms with van der Waals surface area (Å²) in [5.74, 6) is 0. The van der Waals surface area contributed by atoms with Gasteiger partial charge in [-0.2, -0.15) is 0 Å². The van der Waals surface area contributed by atoms with E-state index >= 15 is 0 Å². The second-order valence-corrected chi connectivity index (χ2v) is 3.86. The molecule has 0 N–H and O–H groups in total. The number of alkyl halides is 1. The summed E-state index contributed by atoms with van der Waals surface area (Å²) < 4.78 is 0. The Hall–Kier alpha value is 0.0500. The highest BCUT2D eigenvalue weighted by Crippen LogP contribution is 2.23. The Morgan fingerprint density at radius 2 is 2.18 bits per heavy atom. The lowest BCUT2D eigenvalue weighted by Gasteiger charge is -2.04. The molecule has 0 atom stereocenters. The number of hydrogen-bond donors (Lipinski definition) is 0. The first-order valence-electron chi connectivity index (χ1n) is 3.47. The zero-order valence-corrected chi connectivity index (χ0v) is 9.13. The van der Waals surface area contributed by atoms with Crippen molar-refractivity contribution in [2.24, 2.45) is 0 Å². The Kier molecular flexibility index (Phi) is 3.46. The maximum atomic E-state index is 3.47. The van der Waals surface area contributed by atoms with Crippen LogP contribution in [-0.4, -0.2) is 6.26 Å². The Morgan fingerprint density at radius 1 is 1.45 bits per heavy atom. The molecule has 60 valence electrons. The molecular weight excluding hydrogens is 220 g/mol. The topological polar surface area (TPSA) is 0 Å². The molecule has 0 nitrogen and oxygen atoms in total. The molecule has 0 unspecified atom stereocenters. The van der Waals surface area contributed by atoms with Crippen LogP contribution in [0.25, 0.3) is 0 Å². The first kappa shape index (κ1) is 9.14. The van der Waals surface area contributed by atoms with E-state index in [1.807, 2.05) is 0 Å². The monoisotopic (exact) mass is 230 g/mol. The summed E-state index contributed by atoms with van der Waals surface area (Å²) in [5, 5.41) is 0.949. The molecule has 0 fully saturated rings. The largest absolute Gasteiger partial charge is 0.129 e. The van der Waals surface area contributed by atoms with Gasteiger partial charge in [-0.25, -0.2) is 0 Å². The number of benzene rings is 1. The molecule has 11 heavy (non-hydrogen) atoms. The summed E-state index contributed by atoms with van der Waals surface area (Å²) in [5.41, 5.74) is 2.72. The molecule has 0 amide bonds. The fourth-order valence-electron chi connectivity index (χ4n) is 1.01. The Morgan fingerprint density at radius 3 is 2.73 bits per heavy atom. The predicted octanol–water partition coefficient (Wildman–Crippen LogP) is 3.61. The van der Waals surface area contributed by atoms with Crippen LogP contribution in [0.4, 0.5) is 0 Å². The third-order valence-corrected chi connectivity index (χ3v) is 3.02. The minimum Gasteiger partial charge on any atom is -0.129 e. The molecule has 0 radical (unpaired) electrons. The molecular formula is C9H11BrS. The van der Waals surface area contributed by atoms with Crippen molar-refractivity contribution < 1.29 is 0 Å². The molecule has 0 aliphatic rings. The minimum absolute atomic E-state index is 0.949. The quantitative estimate of drug-likeness (QED) is 0.553. The fraction of sp³-hybridized carbons (Fsp3) is 0.333. The first-order valence-corrected chi connectivity index (χ1v) is 5.82. The molecule has 0 aliphatic heterocycles. The average molecular weight is 231 g/mol. The lowest BCUT2D eigenvalue weighted by Crippen LogP contribution is -1.83. The van der Waals surface area contributed by atoms with Gasteiger partial charge in [0.2, 0.25) is 0 Å². The number of hydrogen-bond acceptors (Lipinski definition) is 1. The Bertz CT molecular complexity index is 245. The molecule has 0 aromatic heterocycles. The van der Waals surface area contributed by atoms with Crippen LogP contribution < -0.4 is 0 Å². The van der Waals surface area contributed by atoms with Gasteiger partial charge in [-0.1, -0.05) is 33.6 Å². The van der Waals surface area contributed by atoms with Gasteiger partial charge >= 0.3 is 0 Å². The van der Waals surface area contributed by atoms with Crippen LogP contribution in [0.5, 0.6) is 0 Å². The van der Waals surface area contributed by atoms with Crippen LogP contribution in [0.2, 0.25) is 0 Å². The van der Waals surface area contributed by atoms with Crippen LogP contribution in [0.15, 0.2) is 23.1 Å². The molecule has 2 heteroatoms. The van der Waals surface area contributed by atoms with E-state index in [0.29, 0.717) is 0 Å². The Labute approximate surface area is 80.5 Å². The number of rotatable bonds is 2. The highest BCUT2D eigenvalue weighted by Gasteiger charge is 1.98. The molecule has 1 aromatic rings. The summed E-state index contributed by atoms with van der Waals surface area (Å²) in [6.07, 6.45) is 2.11. The van der Waals surface area contributed by atoms with E-state index in [-0.39, 0.29) is 0 Å². The lowest BCUT2D eigenvalue weighted by atomic mass is 10.2. The molecule has 0 bridgehead atoms. The summed E-state index contributed by atoms with van der Waals surface area (Å²) in [4.78, 5) is 1.37. The fourth-order valence-corrected chi connectivity index (χ4v) is 2.26. The molecule has 1 aromatic carbocycles. The predicted molar refractivity (Wildman–Crippen MR) is 55.6 cm³/mol. The van der Waals surface area contributed by atoms with E-state index in [1.54, 1.807) is 11.8 Å². The number of thioether (sulfide) groups is 1. The third kappa shape index (κ3) is 2.24. The standard InChI is InChI=1S/C9H11BrS/c1-7-3-4-9(11-2)8(5-7)6-10/h3-5H,6H2,1-2H3.